The summed E-state index contributed by atoms with van der Waals surface area (Å²) in [5, 5.41) is 11.4. The van der Waals surface area contributed by atoms with Crippen molar-refractivity contribution in [1.29, 1.82) is 5.26 Å². The first-order valence-electron chi connectivity index (χ1n) is 7.48. The maximum absolute atomic E-state index is 9.30. The van der Waals surface area contributed by atoms with Crippen LogP contribution in [0.1, 0.15) is 12.0 Å². The summed E-state index contributed by atoms with van der Waals surface area (Å²) in [5.41, 5.74) is 1.86. The van der Waals surface area contributed by atoms with E-state index in [1.54, 1.807) is 14.2 Å². The minimum absolute atomic E-state index is 0.217. The SMILES string of the molecule is COC[C@H]1C[C@@H](OC)CN1c1ccc(C#N)c2ccccc12. The molecule has 2 aromatic rings. The Hall–Kier alpha value is -2.09. The number of anilines is 1. The van der Waals surface area contributed by atoms with Gasteiger partial charge in [0.05, 0.1) is 30.4 Å². The molecular weight excluding hydrogens is 276 g/mol. The second kappa shape index (κ2) is 6.35. The number of fused-ring (bicyclic) bond motifs is 1. The zero-order valence-corrected chi connectivity index (χ0v) is 13.0. The third kappa shape index (κ3) is 2.54. The van der Waals surface area contributed by atoms with E-state index >= 15 is 0 Å². The van der Waals surface area contributed by atoms with Crippen LogP contribution in [0.5, 0.6) is 0 Å². The van der Waals surface area contributed by atoms with Crippen molar-refractivity contribution in [2.24, 2.45) is 0 Å². The Morgan fingerprint density at radius 2 is 1.95 bits per heavy atom. The van der Waals surface area contributed by atoms with E-state index in [4.69, 9.17) is 9.47 Å². The molecular formula is C18H20N2O2. The molecule has 114 valence electrons. The average Bonchev–Trinajstić information content (AvgIpc) is 2.97. The summed E-state index contributed by atoms with van der Waals surface area (Å²) < 4.78 is 10.9. The second-order valence-corrected chi connectivity index (χ2v) is 5.64. The molecule has 1 fully saturated rings. The van der Waals surface area contributed by atoms with Gasteiger partial charge < -0.3 is 14.4 Å². The Bertz CT molecular complexity index is 708. The average molecular weight is 296 g/mol. The lowest BCUT2D eigenvalue weighted by Crippen LogP contribution is -2.33. The minimum atomic E-state index is 0.217. The van der Waals surface area contributed by atoms with Gasteiger partial charge in [-0.25, -0.2) is 0 Å². The molecule has 0 aliphatic carbocycles. The zero-order chi connectivity index (χ0) is 15.5. The van der Waals surface area contributed by atoms with Gasteiger partial charge in [-0.3, -0.25) is 0 Å². The smallest absolute Gasteiger partial charge is 0.0998 e. The Morgan fingerprint density at radius 3 is 2.64 bits per heavy atom. The highest BCUT2D eigenvalue weighted by molar-refractivity contribution is 5.98. The van der Waals surface area contributed by atoms with Crippen molar-refractivity contribution in [3.05, 3.63) is 42.0 Å². The Morgan fingerprint density at radius 1 is 1.18 bits per heavy atom. The lowest BCUT2D eigenvalue weighted by Gasteiger charge is -2.27. The van der Waals surface area contributed by atoms with Gasteiger partial charge in [0.15, 0.2) is 0 Å². The van der Waals surface area contributed by atoms with Gasteiger partial charge in [0, 0.05) is 37.2 Å². The number of methoxy groups -OCH3 is 2. The van der Waals surface area contributed by atoms with E-state index in [1.807, 2.05) is 30.3 Å². The van der Waals surface area contributed by atoms with Gasteiger partial charge in [0.25, 0.3) is 0 Å². The van der Waals surface area contributed by atoms with Gasteiger partial charge >= 0.3 is 0 Å². The van der Waals surface area contributed by atoms with Crippen LogP contribution in [0, 0.1) is 11.3 Å². The zero-order valence-electron chi connectivity index (χ0n) is 13.0. The van der Waals surface area contributed by atoms with Gasteiger partial charge in [-0.1, -0.05) is 24.3 Å². The molecule has 1 heterocycles. The predicted octanol–water partition coefficient (Wildman–Crippen LogP) is 2.95. The number of nitrogens with zero attached hydrogens (tertiary/aromatic N) is 2. The largest absolute Gasteiger partial charge is 0.383 e. The van der Waals surface area contributed by atoms with E-state index in [2.05, 4.69) is 17.0 Å². The van der Waals surface area contributed by atoms with Crippen LogP contribution in [0.2, 0.25) is 0 Å². The van der Waals surface area contributed by atoms with Crippen LogP contribution in [0.25, 0.3) is 10.8 Å². The fourth-order valence-electron chi connectivity index (χ4n) is 3.32. The summed E-state index contributed by atoms with van der Waals surface area (Å²) in [6.45, 7) is 1.52. The van der Waals surface area contributed by atoms with E-state index in [1.165, 1.54) is 0 Å². The van der Waals surface area contributed by atoms with Gasteiger partial charge in [-0.2, -0.15) is 5.26 Å². The summed E-state index contributed by atoms with van der Waals surface area (Å²) in [6.07, 6.45) is 1.17. The molecule has 1 saturated heterocycles. The van der Waals surface area contributed by atoms with Crippen molar-refractivity contribution < 1.29 is 9.47 Å². The molecule has 0 unspecified atom stereocenters. The summed E-state index contributed by atoms with van der Waals surface area (Å²) in [4.78, 5) is 2.35. The van der Waals surface area contributed by atoms with Crippen LogP contribution in [0.15, 0.2) is 36.4 Å². The van der Waals surface area contributed by atoms with Crippen molar-refractivity contribution in [2.75, 3.05) is 32.3 Å². The third-order valence-electron chi connectivity index (χ3n) is 4.40. The van der Waals surface area contributed by atoms with Crippen LogP contribution >= 0.6 is 0 Å². The predicted molar refractivity (Wildman–Crippen MR) is 87.1 cm³/mol. The molecule has 0 spiro atoms. The van der Waals surface area contributed by atoms with Crippen molar-refractivity contribution in [2.45, 2.75) is 18.6 Å². The van der Waals surface area contributed by atoms with Crippen LogP contribution in [0.3, 0.4) is 0 Å². The molecule has 2 atom stereocenters. The number of hydrogen-bond acceptors (Lipinski definition) is 4. The van der Waals surface area contributed by atoms with Crippen molar-refractivity contribution in [3.8, 4) is 6.07 Å². The summed E-state index contributed by atoms with van der Waals surface area (Å²) >= 11 is 0. The molecule has 0 N–H and O–H groups in total. The molecule has 0 amide bonds. The Balaban J connectivity index is 2.07. The fourth-order valence-corrected chi connectivity index (χ4v) is 3.32. The molecule has 4 nitrogen and oxygen atoms in total. The topological polar surface area (TPSA) is 45.5 Å². The maximum atomic E-state index is 9.30. The summed E-state index contributed by atoms with van der Waals surface area (Å²) in [7, 11) is 3.49. The number of rotatable bonds is 4. The second-order valence-electron chi connectivity index (χ2n) is 5.64. The highest BCUT2D eigenvalue weighted by Crippen LogP contribution is 2.34. The molecule has 1 aliphatic heterocycles. The minimum Gasteiger partial charge on any atom is -0.383 e. The lowest BCUT2D eigenvalue weighted by molar-refractivity contribution is 0.111. The molecule has 4 heteroatoms. The first kappa shape index (κ1) is 14.8. The Kier molecular flexibility index (Phi) is 4.28. The Labute approximate surface area is 130 Å². The van der Waals surface area contributed by atoms with Gasteiger partial charge in [-0.15, -0.1) is 0 Å². The van der Waals surface area contributed by atoms with Crippen LogP contribution in [-0.2, 0) is 9.47 Å². The molecule has 1 aliphatic rings. The quantitative estimate of drug-likeness (QED) is 0.870. The summed E-state index contributed by atoms with van der Waals surface area (Å²) in [6, 6.07) is 14.6. The summed E-state index contributed by atoms with van der Waals surface area (Å²) in [5.74, 6) is 0. The molecule has 0 radical (unpaired) electrons. The number of benzene rings is 2. The van der Waals surface area contributed by atoms with E-state index in [9.17, 15) is 5.26 Å². The van der Waals surface area contributed by atoms with Crippen molar-refractivity contribution in [1.82, 2.24) is 0 Å². The maximum Gasteiger partial charge on any atom is 0.0998 e. The number of ether oxygens (including phenoxy) is 2. The first-order chi connectivity index (χ1) is 10.8. The first-order valence-corrected chi connectivity index (χ1v) is 7.48. The molecule has 0 bridgehead atoms. The van der Waals surface area contributed by atoms with E-state index in [0.29, 0.717) is 18.2 Å². The highest BCUT2D eigenvalue weighted by Gasteiger charge is 2.33. The number of hydrogen-bond donors (Lipinski definition) is 0. The van der Waals surface area contributed by atoms with E-state index in [-0.39, 0.29) is 6.10 Å². The number of nitriles is 1. The standard InChI is InChI=1S/C18H20N2O2/c1-21-12-14-9-15(22-2)11-20(14)18-8-7-13(10-19)16-5-3-4-6-17(16)18/h3-8,14-15H,9,11-12H2,1-2H3/t14-,15-/m1/s1. The van der Waals surface area contributed by atoms with Crippen LogP contribution < -0.4 is 4.90 Å². The molecule has 0 saturated carbocycles. The van der Waals surface area contributed by atoms with Gasteiger partial charge in [0.2, 0.25) is 0 Å². The fraction of sp³-hybridized carbons (Fsp3) is 0.389. The van der Waals surface area contributed by atoms with Crippen LogP contribution in [0.4, 0.5) is 5.69 Å². The monoisotopic (exact) mass is 296 g/mol. The van der Waals surface area contributed by atoms with Crippen molar-refractivity contribution >= 4 is 16.5 Å². The van der Waals surface area contributed by atoms with Gasteiger partial charge in [-0.05, 0) is 18.6 Å². The van der Waals surface area contributed by atoms with E-state index < -0.39 is 0 Å². The van der Waals surface area contributed by atoms with Gasteiger partial charge in [0.1, 0.15) is 0 Å². The van der Waals surface area contributed by atoms with Crippen molar-refractivity contribution in [3.63, 3.8) is 0 Å². The molecule has 22 heavy (non-hydrogen) atoms. The molecule has 0 aromatic heterocycles. The van der Waals surface area contributed by atoms with E-state index in [0.717, 1.165) is 29.4 Å². The third-order valence-corrected chi connectivity index (χ3v) is 4.40. The lowest BCUT2D eigenvalue weighted by atomic mass is 10.0. The van der Waals surface area contributed by atoms with Crippen LogP contribution in [-0.4, -0.2) is 39.5 Å². The molecule has 2 aromatic carbocycles. The molecule has 3 rings (SSSR count). The normalized spacial score (nSPS) is 21.2. The highest BCUT2D eigenvalue weighted by atomic mass is 16.5.